The fourth-order valence-corrected chi connectivity index (χ4v) is 14.6. The van der Waals surface area contributed by atoms with E-state index in [0.717, 1.165) is 11.1 Å². The number of aliphatic hydroxyl groups excluding tert-OH is 3. The maximum atomic E-state index is 13.6. The molecule has 0 amide bonds. The minimum absolute atomic E-state index is 0.0742. The molecule has 1 aromatic carbocycles. The first-order valence-electron chi connectivity index (χ1n) is 27.0. The largest absolute Gasteiger partial charge is 0.458 e. The number of methoxy groups -OCH3 is 2. The quantitative estimate of drug-likeness (QED) is 0.0955. The van der Waals surface area contributed by atoms with E-state index in [1.54, 1.807) is 34.1 Å². The van der Waals surface area contributed by atoms with Gasteiger partial charge in [0, 0.05) is 63.2 Å². The van der Waals surface area contributed by atoms with Crippen molar-refractivity contribution in [3.63, 3.8) is 0 Å². The van der Waals surface area contributed by atoms with Gasteiger partial charge in [-0.15, -0.1) is 0 Å². The van der Waals surface area contributed by atoms with E-state index in [4.69, 9.17) is 52.1 Å². The zero-order chi connectivity index (χ0) is 53.1. The van der Waals surface area contributed by atoms with Crippen LogP contribution in [0.2, 0.25) is 0 Å². The molecule has 74 heavy (non-hydrogen) atoms. The van der Waals surface area contributed by atoms with Crippen LogP contribution in [0, 0.1) is 22.7 Å². The summed E-state index contributed by atoms with van der Waals surface area (Å²) in [5, 5.41) is 59.2. The van der Waals surface area contributed by atoms with Gasteiger partial charge >= 0.3 is 5.97 Å². The van der Waals surface area contributed by atoms with Crippen LogP contribution in [-0.4, -0.2) is 173 Å². The van der Waals surface area contributed by atoms with Crippen LogP contribution in [0.3, 0.4) is 0 Å². The minimum atomic E-state index is -1.70. The molecule has 0 radical (unpaired) electrons. The third kappa shape index (κ3) is 10.4. The highest BCUT2D eigenvalue weighted by atomic mass is 16.8. The first-order valence-corrected chi connectivity index (χ1v) is 27.0. The molecule has 24 atom stereocenters. The lowest BCUT2D eigenvalue weighted by molar-refractivity contribution is -0.345. The third-order valence-electron chi connectivity index (χ3n) is 18.8. The van der Waals surface area contributed by atoms with Gasteiger partial charge in [0.25, 0.3) is 0 Å². The van der Waals surface area contributed by atoms with E-state index in [0.29, 0.717) is 38.5 Å². The molecule has 4 heterocycles. The van der Waals surface area contributed by atoms with Crippen molar-refractivity contribution < 1.29 is 87.2 Å². The van der Waals surface area contributed by atoms with Gasteiger partial charge in [0.1, 0.15) is 47.5 Å². The van der Waals surface area contributed by atoms with Crippen LogP contribution >= 0.6 is 0 Å². The van der Waals surface area contributed by atoms with E-state index in [1.165, 1.54) is 13.0 Å². The monoisotopic (exact) mass is 1040 g/mol. The van der Waals surface area contributed by atoms with Crippen molar-refractivity contribution in [3.05, 3.63) is 53.6 Å². The summed E-state index contributed by atoms with van der Waals surface area (Å²) in [6.45, 7) is 12.7. The number of hydrogen-bond acceptors (Lipinski definition) is 18. The number of rotatable bonds is 14. The van der Waals surface area contributed by atoms with Crippen LogP contribution in [-0.2, 0) is 61.7 Å². The predicted octanol–water partition coefficient (Wildman–Crippen LogP) is 4.81. The Bertz CT molecular complexity index is 2150. The second kappa shape index (κ2) is 22.2. The predicted molar refractivity (Wildman–Crippen MR) is 264 cm³/mol. The van der Waals surface area contributed by atoms with Crippen molar-refractivity contribution in [1.82, 2.24) is 0 Å². The number of carbonyl (C=O) groups excluding carboxylic acids is 2. The number of carbonyl (C=O) groups is 2. The van der Waals surface area contributed by atoms with E-state index in [-0.39, 0.29) is 44.0 Å². The third-order valence-corrected chi connectivity index (χ3v) is 18.8. The van der Waals surface area contributed by atoms with Crippen molar-refractivity contribution in [2.75, 3.05) is 14.2 Å². The Hall–Kier alpha value is -2.76. The summed E-state index contributed by atoms with van der Waals surface area (Å²) < 4.78 is 68.0. The first kappa shape index (κ1) is 56.0. The standard InChI is InChI=1S/C56H82O18/c1-29(57)37-19-22-56(63)54(37,7)43(71-44(60)16-15-34-13-11-10-12-14-34)28-42-53(6)20-18-36(23-35(53)17-21-55(42,56)62)70-45-24-38(58)50(31(3)67-45)72-46-25-39(59)51(32(4)68-46)73-48-27-41(65-9)52(33(5)69-48)74-47-26-40(64-8)49(61)30(2)66-47/h10-17,30-33,36-43,45-52,58-59,61-63H,18-28H2,1-9H3/t30-,31-,32-,33-,36+,37+,38+,39+,40-,41+,42-,43-,45+,46+,47+,48+,49-,50-,51-,52-,53+,54+,55+,56-/m1/s1. The van der Waals surface area contributed by atoms with E-state index in [1.807, 2.05) is 57.2 Å². The van der Waals surface area contributed by atoms with Gasteiger partial charge in [0.05, 0.1) is 54.9 Å². The van der Waals surface area contributed by atoms with E-state index >= 15 is 0 Å². The second-order valence-electron chi connectivity index (χ2n) is 23.1. The maximum Gasteiger partial charge on any atom is 0.331 e. The molecule has 0 spiro atoms. The number of Topliss-reactive ketones (excluding diaryl/α,β-unsaturated/α-hetero) is 1. The number of hydrogen-bond donors (Lipinski definition) is 5. The molecule has 18 nitrogen and oxygen atoms in total. The summed E-state index contributed by atoms with van der Waals surface area (Å²) in [4.78, 5) is 26.8. The minimum Gasteiger partial charge on any atom is -0.458 e. The van der Waals surface area contributed by atoms with Crippen LogP contribution in [0.15, 0.2) is 48.1 Å². The van der Waals surface area contributed by atoms with Crippen molar-refractivity contribution in [1.29, 1.82) is 0 Å². The van der Waals surface area contributed by atoms with Crippen molar-refractivity contribution in [2.24, 2.45) is 22.7 Å². The van der Waals surface area contributed by atoms with E-state index in [9.17, 15) is 35.1 Å². The Balaban J connectivity index is 0.782. The molecule has 0 bridgehead atoms. The van der Waals surface area contributed by atoms with Crippen LogP contribution in [0.1, 0.15) is 125 Å². The van der Waals surface area contributed by atoms with Gasteiger partial charge < -0.3 is 77.6 Å². The lowest BCUT2D eigenvalue weighted by atomic mass is 9.43. The van der Waals surface area contributed by atoms with Crippen LogP contribution < -0.4 is 0 Å². The van der Waals surface area contributed by atoms with Crippen LogP contribution in [0.4, 0.5) is 0 Å². The van der Waals surface area contributed by atoms with Gasteiger partial charge in [-0.1, -0.05) is 55.8 Å². The fraction of sp³-hybridized carbons (Fsp3) is 0.786. The van der Waals surface area contributed by atoms with Crippen molar-refractivity contribution >= 4 is 17.8 Å². The highest BCUT2D eigenvalue weighted by Crippen LogP contribution is 2.70. The maximum absolute atomic E-state index is 13.6. The van der Waals surface area contributed by atoms with Gasteiger partial charge in [-0.25, -0.2) is 4.79 Å². The zero-order valence-corrected chi connectivity index (χ0v) is 44.5. The van der Waals surface area contributed by atoms with E-state index < -0.39 is 144 Å². The molecule has 18 heteroatoms. The molecule has 9 rings (SSSR count). The van der Waals surface area contributed by atoms with Gasteiger partial charge in [0.2, 0.25) is 0 Å². The average molecular weight is 1040 g/mol. The number of ketones is 1. The lowest BCUT2D eigenvalue weighted by Gasteiger charge is -2.66. The normalized spacial score (nSPS) is 48.5. The molecule has 4 aliphatic heterocycles. The fourth-order valence-electron chi connectivity index (χ4n) is 14.6. The summed E-state index contributed by atoms with van der Waals surface area (Å²) in [5.41, 5.74) is -3.15. The SMILES string of the molecule is CO[C@H]1C[C@H](O[C@H]2[C@@H](O)C[C@H](O[C@H]3[C@@H](O)C[C@H](O[C@H]4CC[C@@]5(C)C(=CC[C@]6(O)[C@@H]5C[C@@H](OC(=O)C=Cc5ccccc5)[C@]5(C)[C@H](C(C)=O)CC[C@@]56O)C4)O[C@@H]3C)O[C@@H]2C)O[C@H](C)[C@H]1O[C@H]1C[C@@H](OC)[C@H](O)[C@@H](C)O1. The molecule has 0 unspecified atom stereocenters. The topological polar surface area (TPSA) is 237 Å². The number of benzene rings is 1. The van der Waals surface area contributed by atoms with Gasteiger partial charge in [-0.3, -0.25) is 4.79 Å². The molecule has 8 aliphatic rings. The zero-order valence-electron chi connectivity index (χ0n) is 44.5. The molecular weight excluding hydrogens is 961 g/mol. The second-order valence-corrected chi connectivity index (χ2v) is 23.1. The highest BCUT2D eigenvalue weighted by Gasteiger charge is 2.77. The molecule has 5 N–H and O–H groups in total. The molecular formula is C56H82O18. The Morgan fingerprint density at radius 3 is 1.84 bits per heavy atom. The molecule has 4 saturated heterocycles. The smallest absolute Gasteiger partial charge is 0.331 e. The summed E-state index contributed by atoms with van der Waals surface area (Å²) in [6.07, 6.45) is -3.05. The van der Waals surface area contributed by atoms with Gasteiger partial charge in [0.15, 0.2) is 25.2 Å². The molecule has 3 saturated carbocycles. The Kier molecular flexibility index (Phi) is 16.8. The molecule has 1 aromatic rings. The number of esters is 1. The van der Waals surface area contributed by atoms with Gasteiger partial charge in [-0.05, 0) is 96.6 Å². The van der Waals surface area contributed by atoms with Crippen LogP contribution in [0.25, 0.3) is 6.08 Å². The Morgan fingerprint density at radius 1 is 0.689 bits per heavy atom. The van der Waals surface area contributed by atoms with E-state index in [2.05, 4.69) is 6.92 Å². The summed E-state index contributed by atoms with van der Waals surface area (Å²) >= 11 is 0. The molecule has 0 aromatic heterocycles. The summed E-state index contributed by atoms with van der Waals surface area (Å²) in [7, 11) is 3.14. The molecule has 4 aliphatic carbocycles. The average Bonchev–Trinajstić information content (AvgIpc) is 3.68. The Morgan fingerprint density at radius 2 is 1.24 bits per heavy atom. The summed E-state index contributed by atoms with van der Waals surface area (Å²) in [6, 6.07) is 9.42. The first-order chi connectivity index (χ1) is 35.1. The van der Waals surface area contributed by atoms with Crippen LogP contribution in [0.5, 0.6) is 0 Å². The van der Waals surface area contributed by atoms with Gasteiger partial charge in [-0.2, -0.15) is 0 Å². The van der Waals surface area contributed by atoms with Crippen molar-refractivity contribution in [3.8, 4) is 0 Å². The molecule has 7 fully saturated rings. The number of fused-ring (bicyclic) bond motifs is 5. The number of ether oxygens (including phenoxy) is 11. The number of aliphatic hydroxyl groups is 5. The summed E-state index contributed by atoms with van der Waals surface area (Å²) in [5.74, 6) is -1.76. The lowest BCUT2D eigenvalue weighted by Crippen LogP contribution is -2.75. The Labute approximate surface area is 435 Å². The molecule has 414 valence electrons. The van der Waals surface area contributed by atoms with Crippen molar-refractivity contribution in [2.45, 2.75) is 241 Å². The highest BCUT2D eigenvalue weighted by molar-refractivity contribution is 5.87.